The molecule has 0 aliphatic heterocycles. The SMILES string of the molecule is CC(C)CCOCCNS(=O)(=O)c1cc(N)cc(F)c1F. The van der Waals surface area contributed by atoms with Gasteiger partial charge in [-0.25, -0.2) is 21.9 Å². The second-order valence-corrected chi connectivity index (χ2v) is 6.74. The molecule has 120 valence electrons. The number of anilines is 1. The van der Waals surface area contributed by atoms with E-state index in [0.29, 0.717) is 12.5 Å². The molecule has 0 heterocycles. The van der Waals surface area contributed by atoms with Crippen LogP contribution < -0.4 is 10.5 Å². The van der Waals surface area contributed by atoms with E-state index >= 15 is 0 Å². The largest absolute Gasteiger partial charge is 0.399 e. The average Bonchev–Trinajstić information content (AvgIpc) is 2.37. The molecule has 0 aliphatic rings. The number of rotatable bonds is 8. The summed E-state index contributed by atoms with van der Waals surface area (Å²) >= 11 is 0. The number of nitrogen functional groups attached to an aromatic ring is 1. The van der Waals surface area contributed by atoms with Gasteiger partial charge in [-0.3, -0.25) is 0 Å². The summed E-state index contributed by atoms with van der Waals surface area (Å²) in [5.74, 6) is -2.26. The molecular formula is C13H20F2N2O3S. The number of nitrogens with two attached hydrogens (primary N) is 1. The van der Waals surface area contributed by atoms with Gasteiger partial charge < -0.3 is 10.5 Å². The quantitative estimate of drug-likeness (QED) is 0.566. The molecule has 0 saturated carbocycles. The van der Waals surface area contributed by atoms with Gasteiger partial charge in [0.05, 0.1) is 6.61 Å². The predicted molar refractivity (Wildman–Crippen MR) is 76.2 cm³/mol. The summed E-state index contributed by atoms with van der Waals surface area (Å²) in [4.78, 5) is -0.804. The van der Waals surface area contributed by atoms with Crippen molar-refractivity contribution < 1.29 is 21.9 Å². The van der Waals surface area contributed by atoms with Crippen LogP contribution in [0.3, 0.4) is 0 Å². The molecular weight excluding hydrogens is 302 g/mol. The fourth-order valence-electron chi connectivity index (χ4n) is 1.53. The Balaban J connectivity index is 2.59. The minimum Gasteiger partial charge on any atom is -0.399 e. The van der Waals surface area contributed by atoms with Gasteiger partial charge >= 0.3 is 0 Å². The normalized spacial score (nSPS) is 12.0. The van der Waals surface area contributed by atoms with Crippen molar-refractivity contribution in [3.63, 3.8) is 0 Å². The number of nitrogens with one attached hydrogen (secondary N) is 1. The zero-order valence-electron chi connectivity index (χ0n) is 12.0. The lowest BCUT2D eigenvalue weighted by atomic mass is 10.1. The fourth-order valence-corrected chi connectivity index (χ4v) is 2.66. The van der Waals surface area contributed by atoms with Gasteiger partial charge in [0.15, 0.2) is 11.6 Å². The van der Waals surface area contributed by atoms with Gasteiger partial charge in [-0.05, 0) is 24.5 Å². The van der Waals surface area contributed by atoms with Gasteiger partial charge in [0, 0.05) is 18.8 Å². The third kappa shape index (κ3) is 5.56. The first-order valence-corrected chi connectivity index (χ1v) is 8.04. The molecule has 0 fully saturated rings. The van der Waals surface area contributed by atoms with E-state index in [-0.39, 0.29) is 18.8 Å². The zero-order valence-corrected chi connectivity index (χ0v) is 12.8. The lowest BCUT2D eigenvalue weighted by Crippen LogP contribution is -2.28. The highest BCUT2D eigenvalue weighted by Gasteiger charge is 2.22. The van der Waals surface area contributed by atoms with Crippen LogP contribution in [0.5, 0.6) is 0 Å². The first-order valence-electron chi connectivity index (χ1n) is 6.56. The van der Waals surface area contributed by atoms with Crippen LogP contribution in [0.25, 0.3) is 0 Å². The third-order valence-corrected chi connectivity index (χ3v) is 4.14. The molecule has 0 atom stereocenters. The Morgan fingerprint density at radius 1 is 1.29 bits per heavy atom. The molecule has 0 unspecified atom stereocenters. The minimum absolute atomic E-state index is 0.0315. The van der Waals surface area contributed by atoms with Gasteiger partial charge in [0.1, 0.15) is 4.90 Å². The maximum Gasteiger partial charge on any atom is 0.243 e. The third-order valence-electron chi connectivity index (χ3n) is 2.68. The molecule has 0 saturated heterocycles. The Hall–Kier alpha value is -1.25. The van der Waals surface area contributed by atoms with Gasteiger partial charge in [0.2, 0.25) is 10.0 Å². The Labute approximate surface area is 123 Å². The van der Waals surface area contributed by atoms with Crippen molar-refractivity contribution in [2.75, 3.05) is 25.5 Å². The molecule has 0 bridgehead atoms. The second-order valence-electron chi connectivity index (χ2n) is 5.01. The summed E-state index contributed by atoms with van der Waals surface area (Å²) in [7, 11) is -4.16. The van der Waals surface area contributed by atoms with E-state index in [4.69, 9.17) is 10.5 Å². The van der Waals surface area contributed by atoms with Crippen LogP contribution >= 0.6 is 0 Å². The zero-order chi connectivity index (χ0) is 16.0. The van der Waals surface area contributed by atoms with E-state index in [2.05, 4.69) is 4.72 Å². The van der Waals surface area contributed by atoms with Gasteiger partial charge in [-0.2, -0.15) is 0 Å². The Morgan fingerprint density at radius 3 is 2.57 bits per heavy atom. The van der Waals surface area contributed by atoms with Crippen molar-refractivity contribution in [3.05, 3.63) is 23.8 Å². The molecule has 0 radical (unpaired) electrons. The number of sulfonamides is 1. The maximum atomic E-state index is 13.5. The van der Waals surface area contributed by atoms with Gasteiger partial charge in [-0.15, -0.1) is 0 Å². The predicted octanol–water partition coefficient (Wildman–Crippen LogP) is 1.89. The summed E-state index contributed by atoms with van der Waals surface area (Å²) in [6, 6.07) is 1.60. The monoisotopic (exact) mass is 322 g/mol. The van der Waals surface area contributed by atoms with E-state index in [1.807, 2.05) is 13.8 Å². The van der Waals surface area contributed by atoms with E-state index < -0.39 is 26.6 Å². The van der Waals surface area contributed by atoms with Crippen LogP contribution in [0.4, 0.5) is 14.5 Å². The molecule has 1 aromatic carbocycles. The second kappa shape index (κ2) is 7.67. The maximum absolute atomic E-state index is 13.5. The van der Waals surface area contributed by atoms with Crippen LogP contribution in [-0.4, -0.2) is 28.2 Å². The molecule has 0 aromatic heterocycles. The average molecular weight is 322 g/mol. The van der Waals surface area contributed by atoms with Crippen molar-refractivity contribution in [1.82, 2.24) is 4.72 Å². The Bertz CT molecular complexity index is 577. The number of hydrogen-bond acceptors (Lipinski definition) is 4. The van der Waals surface area contributed by atoms with Crippen molar-refractivity contribution in [1.29, 1.82) is 0 Å². The highest BCUT2D eigenvalue weighted by Crippen LogP contribution is 2.20. The molecule has 8 heteroatoms. The van der Waals surface area contributed by atoms with Crippen molar-refractivity contribution in [3.8, 4) is 0 Å². The van der Waals surface area contributed by atoms with Gasteiger partial charge in [-0.1, -0.05) is 13.8 Å². The Morgan fingerprint density at radius 2 is 1.95 bits per heavy atom. The molecule has 1 rings (SSSR count). The first kappa shape index (κ1) is 17.8. The van der Waals surface area contributed by atoms with Crippen LogP contribution in [0, 0.1) is 17.6 Å². The topological polar surface area (TPSA) is 81.4 Å². The summed E-state index contributed by atoms with van der Waals surface area (Å²) in [5.41, 5.74) is 5.16. The molecule has 1 aromatic rings. The Kier molecular flexibility index (Phi) is 6.50. The van der Waals surface area contributed by atoms with Crippen molar-refractivity contribution in [2.24, 2.45) is 5.92 Å². The summed E-state index contributed by atoms with van der Waals surface area (Å²) in [6.07, 6.45) is 0.863. The lowest BCUT2D eigenvalue weighted by molar-refractivity contribution is 0.128. The van der Waals surface area contributed by atoms with E-state index in [9.17, 15) is 17.2 Å². The summed E-state index contributed by atoms with van der Waals surface area (Å²) < 4.78 is 57.8. The standard InChI is InChI=1S/C13H20F2N2O3S/c1-9(2)3-5-20-6-4-17-21(18,19)12-8-10(16)7-11(14)13(12)15/h7-9,17H,3-6,16H2,1-2H3. The fraction of sp³-hybridized carbons (Fsp3) is 0.538. The van der Waals surface area contributed by atoms with Crippen molar-refractivity contribution >= 4 is 15.7 Å². The van der Waals surface area contributed by atoms with E-state index in [1.165, 1.54) is 0 Å². The van der Waals surface area contributed by atoms with Gasteiger partial charge in [0.25, 0.3) is 0 Å². The van der Waals surface area contributed by atoms with Crippen molar-refractivity contribution in [2.45, 2.75) is 25.2 Å². The van der Waals surface area contributed by atoms with E-state index in [0.717, 1.165) is 18.6 Å². The minimum atomic E-state index is -4.16. The molecule has 21 heavy (non-hydrogen) atoms. The highest BCUT2D eigenvalue weighted by molar-refractivity contribution is 7.89. The van der Waals surface area contributed by atoms with Crippen LogP contribution in [-0.2, 0) is 14.8 Å². The number of hydrogen-bond donors (Lipinski definition) is 2. The molecule has 0 aliphatic carbocycles. The number of halogens is 2. The molecule has 3 N–H and O–H groups in total. The molecule has 5 nitrogen and oxygen atoms in total. The smallest absolute Gasteiger partial charge is 0.243 e. The number of ether oxygens (including phenoxy) is 1. The lowest BCUT2D eigenvalue weighted by Gasteiger charge is -2.10. The van der Waals surface area contributed by atoms with E-state index in [1.54, 1.807) is 0 Å². The summed E-state index contributed by atoms with van der Waals surface area (Å²) in [5, 5.41) is 0. The molecule has 0 amide bonds. The van der Waals surface area contributed by atoms with Crippen LogP contribution in [0.2, 0.25) is 0 Å². The molecule has 0 spiro atoms. The van der Waals surface area contributed by atoms with Crippen LogP contribution in [0.1, 0.15) is 20.3 Å². The number of benzene rings is 1. The first-order chi connectivity index (χ1) is 9.74. The highest BCUT2D eigenvalue weighted by atomic mass is 32.2. The summed E-state index contributed by atoms with van der Waals surface area (Å²) in [6.45, 7) is 4.72. The van der Waals surface area contributed by atoms with Crippen LogP contribution in [0.15, 0.2) is 17.0 Å².